The smallest absolute Gasteiger partial charge is 0.337 e. The summed E-state index contributed by atoms with van der Waals surface area (Å²) in [6, 6.07) is 10.5. The first-order chi connectivity index (χ1) is 13.6. The maximum atomic E-state index is 12.6. The Morgan fingerprint density at radius 3 is 2.24 bits per heavy atom. The standard InChI is InChI=1S/C20H25N3O5S/c1-13-6-11-17(29(26,27)23(3)4)12-18(13)22-19(24)14(2)21-16-9-7-15(8-10-16)20(25)28-5/h6-12,14,21H,1-5H3,(H,22,24). The summed E-state index contributed by atoms with van der Waals surface area (Å²) >= 11 is 0. The summed E-state index contributed by atoms with van der Waals surface area (Å²) in [5, 5.41) is 5.80. The normalized spacial score (nSPS) is 12.3. The van der Waals surface area contributed by atoms with E-state index in [9.17, 15) is 18.0 Å². The van der Waals surface area contributed by atoms with Gasteiger partial charge in [-0.2, -0.15) is 0 Å². The van der Waals surface area contributed by atoms with Gasteiger partial charge in [0.25, 0.3) is 0 Å². The fourth-order valence-corrected chi connectivity index (χ4v) is 3.41. The second-order valence-corrected chi connectivity index (χ2v) is 8.84. The minimum atomic E-state index is -3.61. The van der Waals surface area contributed by atoms with Crippen LogP contribution < -0.4 is 10.6 Å². The quantitative estimate of drug-likeness (QED) is 0.668. The van der Waals surface area contributed by atoms with Gasteiger partial charge in [-0.05, 0) is 55.8 Å². The molecular weight excluding hydrogens is 394 g/mol. The first-order valence-electron chi connectivity index (χ1n) is 8.85. The molecule has 2 rings (SSSR count). The molecule has 2 aromatic carbocycles. The van der Waals surface area contributed by atoms with Gasteiger partial charge in [0.1, 0.15) is 6.04 Å². The Morgan fingerprint density at radius 1 is 1.07 bits per heavy atom. The highest BCUT2D eigenvalue weighted by Crippen LogP contribution is 2.22. The van der Waals surface area contributed by atoms with Gasteiger partial charge in [0.2, 0.25) is 15.9 Å². The zero-order valence-electron chi connectivity index (χ0n) is 17.0. The SMILES string of the molecule is COC(=O)c1ccc(NC(C)C(=O)Nc2cc(S(=O)(=O)N(C)C)ccc2C)cc1. The first kappa shape index (κ1) is 22.4. The van der Waals surface area contributed by atoms with Crippen LogP contribution in [0.2, 0.25) is 0 Å². The summed E-state index contributed by atoms with van der Waals surface area (Å²) in [6.07, 6.45) is 0. The molecule has 0 aliphatic rings. The Kier molecular flexibility index (Phi) is 6.99. The Labute approximate surface area is 170 Å². The predicted octanol–water partition coefficient (Wildman–Crippen LogP) is 2.47. The third-order valence-corrected chi connectivity index (χ3v) is 6.14. The van der Waals surface area contributed by atoms with E-state index >= 15 is 0 Å². The molecule has 156 valence electrons. The summed E-state index contributed by atoms with van der Waals surface area (Å²) < 4.78 is 30.4. The van der Waals surface area contributed by atoms with E-state index in [0.717, 1.165) is 9.87 Å². The van der Waals surface area contributed by atoms with Gasteiger partial charge in [0.05, 0.1) is 17.6 Å². The van der Waals surface area contributed by atoms with Crippen LogP contribution in [-0.4, -0.2) is 51.8 Å². The Hall–Kier alpha value is -2.91. The van der Waals surface area contributed by atoms with Crippen molar-refractivity contribution in [3.8, 4) is 0 Å². The molecule has 0 aliphatic heterocycles. The van der Waals surface area contributed by atoms with Gasteiger partial charge in [-0.25, -0.2) is 17.5 Å². The number of aryl methyl sites for hydroxylation is 1. The fourth-order valence-electron chi connectivity index (χ4n) is 2.48. The highest BCUT2D eigenvalue weighted by atomic mass is 32.2. The number of nitrogens with one attached hydrogen (secondary N) is 2. The predicted molar refractivity (Wildman–Crippen MR) is 112 cm³/mol. The number of benzene rings is 2. The van der Waals surface area contributed by atoms with E-state index in [1.165, 1.54) is 33.3 Å². The Morgan fingerprint density at radius 2 is 1.69 bits per heavy atom. The number of esters is 1. The number of hydrogen-bond acceptors (Lipinski definition) is 6. The molecular formula is C20H25N3O5S. The van der Waals surface area contributed by atoms with Crippen molar-refractivity contribution in [3.05, 3.63) is 53.6 Å². The van der Waals surface area contributed by atoms with E-state index in [1.807, 2.05) is 0 Å². The molecule has 8 nitrogen and oxygen atoms in total. The number of nitrogens with zero attached hydrogens (tertiary/aromatic N) is 1. The van der Waals surface area contributed by atoms with Crippen molar-refractivity contribution in [2.75, 3.05) is 31.8 Å². The third-order valence-electron chi connectivity index (χ3n) is 4.33. The van der Waals surface area contributed by atoms with Crippen molar-refractivity contribution >= 4 is 33.3 Å². The molecule has 0 heterocycles. The summed E-state index contributed by atoms with van der Waals surface area (Å²) in [5.74, 6) is -0.769. The van der Waals surface area contributed by atoms with E-state index < -0.39 is 22.0 Å². The minimum absolute atomic E-state index is 0.0995. The molecule has 2 aromatic rings. The fraction of sp³-hybridized carbons (Fsp3) is 0.300. The number of methoxy groups -OCH3 is 1. The van der Waals surface area contributed by atoms with Crippen LogP contribution >= 0.6 is 0 Å². The van der Waals surface area contributed by atoms with E-state index in [0.29, 0.717) is 16.9 Å². The molecule has 0 saturated carbocycles. The maximum absolute atomic E-state index is 12.6. The molecule has 0 radical (unpaired) electrons. The van der Waals surface area contributed by atoms with Crippen molar-refractivity contribution < 1.29 is 22.7 Å². The van der Waals surface area contributed by atoms with Crippen LogP contribution in [0.15, 0.2) is 47.4 Å². The number of anilines is 2. The second-order valence-electron chi connectivity index (χ2n) is 6.69. The molecule has 1 atom stereocenters. The van der Waals surface area contributed by atoms with Gasteiger partial charge in [0.15, 0.2) is 0 Å². The molecule has 1 amide bonds. The van der Waals surface area contributed by atoms with Crippen molar-refractivity contribution in [2.24, 2.45) is 0 Å². The number of carbonyl (C=O) groups excluding carboxylic acids is 2. The summed E-state index contributed by atoms with van der Waals surface area (Å²) in [6.45, 7) is 3.46. The van der Waals surface area contributed by atoms with Crippen LogP contribution in [0.5, 0.6) is 0 Å². The van der Waals surface area contributed by atoms with Gasteiger partial charge in [-0.3, -0.25) is 4.79 Å². The molecule has 0 aromatic heterocycles. The lowest BCUT2D eigenvalue weighted by Gasteiger charge is -2.18. The largest absolute Gasteiger partial charge is 0.465 e. The molecule has 2 N–H and O–H groups in total. The van der Waals surface area contributed by atoms with Gasteiger partial charge in [0, 0.05) is 25.5 Å². The van der Waals surface area contributed by atoms with Crippen LogP contribution in [-0.2, 0) is 19.6 Å². The monoisotopic (exact) mass is 419 g/mol. The number of hydrogen-bond donors (Lipinski definition) is 2. The lowest BCUT2D eigenvalue weighted by molar-refractivity contribution is -0.116. The Balaban J connectivity index is 2.12. The molecule has 0 bridgehead atoms. The number of ether oxygens (including phenoxy) is 1. The number of rotatable bonds is 7. The van der Waals surface area contributed by atoms with E-state index in [4.69, 9.17) is 0 Å². The zero-order chi connectivity index (χ0) is 21.8. The van der Waals surface area contributed by atoms with Gasteiger partial charge < -0.3 is 15.4 Å². The van der Waals surface area contributed by atoms with Gasteiger partial charge in [-0.15, -0.1) is 0 Å². The van der Waals surface area contributed by atoms with E-state index in [2.05, 4.69) is 15.4 Å². The van der Waals surface area contributed by atoms with Crippen molar-refractivity contribution in [3.63, 3.8) is 0 Å². The van der Waals surface area contributed by atoms with Gasteiger partial charge >= 0.3 is 5.97 Å². The number of amides is 1. The first-order valence-corrected chi connectivity index (χ1v) is 10.3. The molecule has 29 heavy (non-hydrogen) atoms. The van der Waals surface area contributed by atoms with E-state index in [-0.39, 0.29) is 10.8 Å². The third kappa shape index (κ3) is 5.33. The van der Waals surface area contributed by atoms with Crippen LogP contribution in [0.25, 0.3) is 0 Å². The van der Waals surface area contributed by atoms with Crippen LogP contribution in [0.4, 0.5) is 11.4 Å². The van der Waals surface area contributed by atoms with Crippen LogP contribution in [0, 0.1) is 6.92 Å². The summed E-state index contributed by atoms with van der Waals surface area (Å²) in [5.41, 5.74) is 2.23. The van der Waals surface area contributed by atoms with E-state index in [1.54, 1.807) is 44.2 Å². The number of sulfonamides is 1. The molecule has 0 aliphatic carbocycles. The summed E-state index contributed by atoms with van der Waals surface area (Å²) in [7, 11) is 0.600. The lowest BCUT2D eigenvalue weighted by atomic mass is 10.1. The van der Waals surface area contributed by atoms with Crippen molar-refractivity contribution in [1.82, 2.24) is 4.31 Å². The average molecular weight is 420 g/mol. The highest BCUT2D eigenvalue weighted by molar-refractivity contribution is 7.89. The zero-order valence-corrected chi connectivity index (χ0v) is 17.8. The molecule has 9 heteroatoms. The highest BCUT2D eigenvalue weighted by Gasteiger charge is 2.20. The average Bonchev–Trinajstić information content (AvgIpc) is 2.69. The molecule has 1 unspecified atom stereocenters. The van der Waals surface area contributed by atoms with Crippen LogP contribution in [0.1, 0.15) is 22.8 Å². The Bertz CT molecular complexity index is 1000. The molecule has 0 fully saturated rings. The second kappa shape index (κ2) is 9.06. The van der Waals surface area contributed by atoms with Crippen molar-refractivity contribution in [2.45, 2.75) is 24.8 Å². The lowest BCUT2D eigenvalue weighted by Crippen LogP contribution is -2.32. The summed E-state index contributed by atoms with van der Waals surface area (Å²) in [4.78, 5) is 24.2. The minimum Gasteiger partial charge on any atom is -0.465 e. The van der Waals surface area contributed by atoms with Crippen LogP contribution in [0.3, 0.4) is 0 Å². The van der Waals surface area contributed by atoms with Crippen molar-refractivity contribution in [1.29, 1.82) is 0 Å². The molecule has 0 spiro atoms. The topological polar surface area (TPSA) is 105 Å². The molecule has 0 saturated heterocycles. The van der Waals surface area contributed by atoms with Gasteiger partial charge in [-0.1, -0.05) is 6.07 Å². The maximum Gasteiger partial charge on any atom is 0.337 e. The number of carbonyl (C=O) groups is 2.